The molecule has 0 saturated heterocycles. The Labute approximate surface area is 105 Å². The number of hydrogen-bond donors (Lipinski definition) is 2. The summed E-state index contributed by atoms with van der Waals surface area (Å²) in [5.74, 6) is -5.29. The maximum atomic E-state index is 13.3. The van der Waals surface area contributed by atoms with Crippen LogP contribution in [0.1, 0.15) is 21.0 Å². The molecule has 4 nitrogen and oxygen atoms in total. The second-order valence-corrected chi connectivity index (χ2v) is 3.62. The lowest BCUT2D eigenvalue weighted by molar-refractivity contribution is 0.102. The monoisotopic (exact) mass is 268 g/mol. The highest BCUT2D eigenvalue weighted by atomic mass is 19.2. The van der Waals surface area contributed by atoms with E-state index in [-0.39, 0.29) is 11.4 Å². The number of nitrogens with one attached hydrogen (secondary N) is 2. The number of benzene rings is 1. The number of amides is 1. The highest BCUT2D eigenvalue weighted by Gasteiger charge is 2.16. The van der Waals surface area contributed by atoms with Gasteiger partial charge < -0.3 is 10.3 Å². The Morgan fingerprint density at radius 1 is 1.11 bits per heavy atom. The van der Waals surface area contributed by atoms with Crippen molar-refractivity contribution in [2.45, 2.75) is 0 Å². The molecule has 0 unspecified atom stereocenters. The fourth-order valence-corrected chi connectivity index (χ4v) is 1.43. The van der Waals surface area contributed by atoms with Gasteiger partial charge in [-0.1, -0.05) is 0 Å². The van der Waals surface area contributed by atoms with Crippen LogP contribution in [0.25, 0.3) is 0 Å². The van der Waals surface area contributed by atoms with E-state index in [1.807, 2.05) is 0 Å². The summed E-state index contributed by atoms with van der Waals surface area (Å²) in [6.45, 7) is 0. The summed E-state index contributed by atoms with van der Waals surface area (Å²) in [5.41, 5.74) is -0.340. The maximum absolute atomic E-state index is 13.3. The van der Waals surface area contributed by atoms with Gasteiger partial charge >= 0.3 is 0 Å². The summed E-state index contributed by atoms with van der Waals surface area (Å²) in [4.78, 5) is 24.5. The molecular formula is C12H7F3N2O2. The van der Waals surface area contributed by atoms with E-state index >= 15 is 0 Å². The molecule has 0 saturated carbocycles. The number of anilines is 1. The van der Waals surface area contributed by atoms with Crippen LogP contribution >= 0.6 is 0 Å². The second kappa shape index (κ2) is 4.97. The van der Waals surface area contributed by atoms with Crippen LogP contribution in [0.4, 0.5) is 18.9 Å². The number of aldehydes is 1. The van der Waals surface area contributed by atoms with Crippen LogP contribution in [0.3, 0.4) is 0 Å². The molecule has 7 heteroatoms. The summed E-state index contributed by atoms with van der Waals surface area (Å²) in [6.07, 6.45) is 0.495. The molecule has 0 aliphatic carbocycles. The Hall–Kier alpha value is -2.57. The highest BCUT2D eigenvalue weighted by molar-refractivity contribution is 6.03. The van der Waals surface area contributed by atoms with E-state index in [2.05, 4.69) is 10.3 Å². The number of aromatic amines is 1. The smallest absolute Gasteiger partial charge is 0.272 e. The highest BCUT2D eigenvalue weighted by Crippen LogP contribution is 2.20. The molecule has 0 aliphatic rings. The molecule has 1 aromatic carbocycles. The summed E-state index contributed by atoms with van der Waals surface area (Å²) < 4.78 is 39.0. The van der Waals surface area contributed by atoms with Crippen molar-refractivity contribution in [3.8, 4) is 0 Å². The summed E-state index contributed by atoms with van der Waals surface area (Å²) in [7, 11) is 0. The molecule has 0 aliphatic heterocycles. The van der Waals surface area contributed by atoms with E-state index < -0.39 is 29.0 Å². The third-order valence-electron chi connectivity index (χ3n) is 2.36. The third kappa shape index (κ3) is 2.49. The number of hydrogen-bond acceptors (Lipinski definition) is 2. The fraction of sp³-hybridized carbons (Fsp3) is 0. The zero-order chi connectivity index (χ0) is 14.0. The van der Waals surface area contributed by atoms with Crippen LogP contribution in [0.15, 0.2) is 24.3 Å². The fourth-order valence-electron chi connectivity index (χ4n) is 1.43. The number of aromatic nitrogens is 1. The number of rotatable bonds is 3. The third-order valence-corrected chi connectivity index (χ3v) is 2.36. The lowest BCUT2D eigenvalue weighted by Gasteiger charge is -2.06. The van der Waals surface area contributed by atoms with Crippen molar-refractivity contribution < 1.29 is 22.8 Å². The second-order valence-electron chi connectivity index (χ2n) is 3.62. The van der Waals surface area contributed by atoms with E-state index in [4.69, 9.17) is 0 Å². The Balaban J connectivity index is 2.24. The van der Waals surface area contributed by atoms with Gasteiger partial charge in [0.05, 0.1) is 11.4 Å². The first kappa shape index (κ1) is 12.9. The van der Waals surface area contributed by atoms with Gasteiger partial charge in [-0.05, 0) is 24.3 Å². The number of carbonyl (C=O) groups excluding carboxylic acids is 2. The molecule has 0 fully saturated rings. The molecule has 0 spiro atoms. The molecule has 0 radical (unpaired) electrons. The first-order valence-electron chi connectivity index (χ1n) is 5.12. The Bertz CT molecular complexity index is 652. The normalized spacial score (nSPS) is 10.3. The van der Waals surface area contributed by atoms with Crippen molar-refractivity contribution in [3.05, 3.63) is 53.1 Å². The van der Waals surface area contributed by atoms with Gasteiger partial charge in [-0.3, -0.25) is 9.59 Å². The van der Waals surface area contributed by atoms with Crippen molar-refractivity contribution >= 4 is 17.9 Å². The topological polar surface area (TPSA) is 62.0 Å². The molecule has 1 heterocycles. The minimum absolute atomic E-state index is 0.00812. The van der Waals surface area contributed by atoms with Crippen molar-refractivity contribution in [3.63, 3.8) is 0 Å². The van der Waals surface area contributed by atoms with E-state index in [9.17, 15) is 22.8 Å². The predicted molar refractivity (Wildman–Crippen MR) is 60.4 cm³/mol. The standard InChI is InChI=1S/C12H7F3N2O2/c13-7-2-4-8(11(15)10(7)14)17-12(19)9-3-1-6(5-18)16-9/h1-5,16H,(H,17,19). The van der Waals surface area contributed by atoms with Crippen LogP contribution < -0.4 is 5.32 Å². The molecule has 19 heavy (non-hydrogen) atoms. The average molecular weight is 268 g/mol. The van der Waals surface area contributed by atoms with Crippen LogP contribution in [0.2, 0.25) is 0 Å². The van der Waals surface area contributed by atoms with Gasteiger partial charge in [0, 0.05) is 0 Å². The summed E-state index contributed by atoms with van der Waals surface area (Å²) in [5, 5.41) is 2.06. The van der Waals surface area contributed by atoms with Crippen molar-refractivity contribution in [1.29, 1.82) is 0 Å². The molecule has 0 atom stereocenters. The lowest BCUT2D eigenvalue weighted by atomic mass is 10.2. The Kier molecular flexibility index (Phi) is 3.37. The van der Waals surface area contributed by atoms with Gasteiger partial charge in [0.2, 0.25) is 0 Å². The van der Waals surface area contributed by atoms with Crippen LogP contribution in [-0.2, 0) is 0 Å². The van der Waals surface area contributed by atoms with Crippen LogP contribution in [-0.4, -0.2) is 17.2 Å². The molecule has 1 amide bonds. The first-order valence-corrected chi connectivity index (χ1v) is 5.12. The number of halogens is 3. The first-order chi connectivity index (χ1) is 9.02. The molecule has 0 bridgehead atoms. The van der Waals surface area contributed by atoms with E-state index in [0.717, 1.165) is 6.07 Å². The van der Waals surface area contributed by atoms with Crippen molar-refractivity contribution in [2.75, 3.05) is 5.32 Å². The van der Waals surface area contributed by atoms with Crippen molar-refractivity contribution in [2.24, 2.45) is 0 Å². The van der Waals surface area contributed by atoms with Gasteiger partial charge in [-0.2, -0.15) is 0 Å². The van der Waals surface area contributed by atoms with Gasteiger partial charge in [-0.15, -0.1) is 0 Å². The van der Waals surface area contributed by atoms with E-state index in [1.165, 1.54) is 12.1 Å². The molecule has 2 aromatic rings. The zero-order valence-electron chi connectivity index (χ0n) is 9.34. The van der Waals surface area contributed by atoms with Gasteiger partial charge in [0.1, 0.15) is 5.69 Å². The van der Waals surface area contributed by atoms with E-state index in [1.54, 1.807) is 0 Å². The summed E-state index contributed by atoms with van der Waals surface area (Å²) in [6, 6.07) is 4.25. The minimum Gasteiger partial charge on any atom is -0.348 e. The zero-order valence-corrected chi connectivity index (χ0v) is 9.34. The molecule has 2 rings (SSSR count). The van der Waals surface area contributed by atoms with Gasteiger partial charge in [0.15, 0.2) is 23.7 Å². The van der Waals surface area contributed by atoms with Crippen LogP contribution in [0.5, 0.6) is 0 Å². The minimum atomic E-state index is -1.67. The number of carbonyl (C=O) groups is 2. The maximum Gasteiger partial charge on any atom is 0.272 e. The molecule has 2 N–H and O–H groups in total. The largest absolute Gasteiger partial charge is 0.348 e. The Morgan fingerprint density at radius 3 is 2.47 bits per heavy atom. The van der Waals surface area contributed by atoms with Gasteiger partial charge in [0.25, 0.3) is 5.91 Å². The SMILES string of the molecule is O=Cc1ccc(C(=O)Nc2ccc(F)c(F)c2F)[nH]1. The molecular weight excluding hydrogens is 261 g/mol. The molecule has 98 valence electrons. The Morgan fingerprint density at radius 2 is 1.84 bits per heavy atom. The number of H-pyrrole nitrogens is 1. The van der Waals surface area contributed by atoms with Crippen molar-refractivity contribution in [1.82, 2.24) is 4.98 Å². The van der Waals surface area contributed by atoms with E-state index in [0.29, 0.717) is 12.4 Å². The molecule has 1 aromatic heterocycles. The summed E-state index contributed by atoms with van der Waals surface area (Å²) >= 11 is 0. The predicted octanol–water partition coefficient (Wildman–Crippen LogP) is 2.50. The average Bonchev–Trinajstić information content (AvgIpc) is 2.88. The van der Waals surface area contributed by atoms with Crippen LogP contribution in [0, 0.1) is 17.5 Å². The van der Waals surface area contributed by atoms with Gasteiger partial charge in [-0.25, -0.2) is 13.2 Å². The lowest BCUT2D eigenvalue weighted by Crippen LogP contribution is -2.14. The quantitative estimate of drug-likeness (QED) is 0.663.